The van der Waals surface area contributed by atoms with Crippen molar-refractivity contribution >= 4 is 39.0 Å². The molecule has 0 fully saturated rings. The second-order valence-corrected chi connectivity index (χ2v) is 7.48. The smallest absolute Gasteiger partial charge is 0.229 e. The first-order chi connectivity index (χ1) is 8.38. The lowest BCUT2D eigenvalue weighted by Crippen LogP contribution is -2.07. The van der Waals surface area contributed by atoms with Crippen molar-refractivity contribution in [3.8, 4) is 0 Å². The minimum Gasteiger partial charge on any atom is -0.229 e. The van der Waals surface area contributed by atoms with Crippen molar-refractivity contribution in [2.24, 2.45) is 0 Å². The van der Waals surface area contributed by atoms with Crippen LogP contribution in [0.25, 0.3) is 5.78 Å². The third kappa shape index (κ3) is 2.93. The summed E-state index contributed by atoms with van der Waals surface area (Å²) in [4.78, 5) is 8.04. The van der Waals surface area contributed by atoms with Gasteiger partial charge in [-0.1, -0.05) is 11.6 Å². The van der Waals surface area contributed by atoms with Crippen molar-refractivity contribution < 1.29 is 8.42 Å². The highest BCUT2D eigenvalue weighted by Crippen LogP contribution is 2.26. The first-order valence-corrected chi connectivity index (χ1v) is 8.47. The van der Waals surface area contributed by atoms with Gasteiger partial charge in [0.05, 0.1) is 5.75 Å². The molecule has 0 amide bonds. The van der Waals surface area contributed by atoms with Crippen molar-refractivity contribution in [3.05, 3.63) is 17.0 Å². The van der Waals surface area contributed by atoms with E-state index in [-0.39, 0.29) is 5.75 Å². The number of hydrogen-bond donors (Lipinski definition) is 0. The molecule has 18 heavy (non-hydrogen) atoms. The van der Waals surface area contributed by atoms with Crippen molar-refractivity contribution in [3.63, 3.8) is 0 Å². The molecule has 6 nitrogen and oxygen atoms in total. The number of aromatic nitrogens is 4. The molecule has 2 heterocycles. The number of nitrogens with zero attached hydrogens (tertiary/aromatic N) is 4. The standard InChI is InChI=1S/C9H11ClN4O2S2/c1-6-7(10)13-9-11-5-12-14(9)8(6)17-3-4-18(2,15)16/h5H,3-4H2,1-2H3. The number of fused-ring (bicyclic) bond motifs is 1. The molecule has 0 N–H and O–H groups in total. The molecule has 0 aromatic carbocycles. The summed E-state index contributed by atoms with van der Waals surface area (Å²) in [5, 5.41) is 5.18. The number of halogens is 1. The lowest BCUT2D eigenvalue weighted by molar-refractivity contribution is 0.603. The predicted octanol–water partition coefficient (Wildman–Crippen LogP) is 1.22. The van der Waals surface area contributed by atoms with E-state index in [1.54, 1.807) is 4.52 Å². The fourth-order valence-corrected chi connectivity index (χ4v) is 3.86. The average molecular weight is 307 g/mol. The Kier molecular flexibility index (Phi) is 3.79. The van der Waals surface area contributed by atoms with Gasteiger partial charge in [-0.25, -0.2) is 8.42 Å². The van der Waals surface area contributed by atoms with E-state index >= 15 is 0 Å². The summed E-state index contributed by atoms with van der Waals surface area (Å²) in [5.41, 5.74) is 0.771. The molecule has 0 aliphatic carbocycles. The average Bonchev–Trinajstić information content (AvgIpc) is 2.69. The van der Waals surface area contributed by atoms with Crippen LogP contribution in [-0.2, 0) is 9.84 Å². The largest absolute Gasteiger partial charge is 0.254 e. The van der Waals surface area contributed by atoms with Gasteiger partial charge < -0.3 is 0 Å². The zero-order chi connectivity index (χ0) is 13.3. The molecule has 9 heteroatoms. The summed E-state index contributed by atoms with van der Waals surface area (Å²) in [5.74, 6) is 0.954. The Hall–Kier alpha value is -0.860. The quantitative estimate of drug-likeness (QED) is 0.624. The lowest BCUT2D eigenvalue weighted by Gasteiger charge is -2.08. The van der Waals surface area contributed by atoms with Gasteiger partial charge in [-0.2, -0.15) is 19.6 Å². The molecule has 2 aromatic rings. The summed E-state index contributed by atoms with van der Waals surface area (Å²) < 4.78 is 23.8. The molecule has 0 aliphatic heterocycles. The molecule has 98 valence electrons. The molecule has 0 saturated carbocycles. The minimum atomic E-state index is -2.97. The Morgan fingerprint density at radius 1 is 1.50 bits per heavy atom. The highest BCUT2D eigenvalue weighted by Gasteiger charge is 2.13. The van der Waals surface area contributed by atoms with E-state index in [4.69, 9.17) is 11.6 Å². The molecule has 0 spiro atoms. The minimum absolute atomic E-state index is 0.104. The molecule has 2 rings (SSSR count). The zero-order valence-corrected chi connectivity index (χ0v) is 12.2. The van der Waals surface area contributed by atoms with E-state index in [2.05, 4.69) is 15.1 Å². The van der Waals surface area contributed by atoms with Gasteiger partial charge in [-0.3, -0.25) is 0 Å². The van der Waals surface area contributed by atoms with Crippen LogP contribution in [-0.4, -0.2) is 45.8 Å². The van der Waals surface area contributed by atoms with Crippen molar-refractivity contribution in [2.75, 3.05) is 17.8 Å². The first-order valence-electron chi connectivity index (χ1n) is 5.05. The third-order valence-corrected chi connectivity index (χ3v) is 4.98. The summed E-state index contributed by atoms with van der Waals surface area (Å²) in [6, 6.07) is 0. The molecule has 0 bridgehead atoms. The Labute approximate surface area is 114 Å². The van der Waals surface area contributed by atoms with Crippen LogP contribution in [0.1, 0.15) is 5.56 Å². The number of hydrogen-bond acceptors (Lipinski definition) is 6. The Morgan fingerprint density at radius 2 is 2.22 bits per heavy atom. The van der Waals surface area contributed by atoms with Crippen LogP contribution in [0.3, 0.4) is 0 Å². The van der Waals surface area contributed by atoms with Gasteiger partial charge in [0.15, 0.2) is 0 Å². The van der Waals surface area contributed by atoms with Gasteiger partial charge in [0, 0.05) is 17.6 Å². The first kappa shape index (κ1) is 13.6. The maximum absolute atomic E-state index is 11.1. The second kappa shape index (κ2) is 5.02. The van der Waals surface area contributed by atoms with Crippen LogP contribution >= 0.6 is 23.4 Å². The summed E-state index contributed by atoms with van der Waals surface area (Å²) in [6.45, 7) is 1.82. The van der Waals surface area contributed by atoms with Crippen molar-refractivity contribution in [1.29, 1.82) is 0 Å². The van der Waals surface area contributed by atoms with E-state index in [0.717, 1.165) is 10.6 Å². The van der Waals surface area contributed by atoms with Gasteiger partial charge in [0.1, 0.15) is 26.3 Å². The number of sulfone groups is 1. The van der Waals surface area contributed by atoms with Crippen LogP contribution in [0.5, 0.6) is 0 Å². The van der Waals surface area contributed by atoms with Gasteiger partial charge in [-0.15, -0.1) is 11.8 Å². The van der Waals surface area contributed by atoms with E-state index in [1.807, 2.05) is 6.92 Å². The van der Waals surface area contributed by atoms with E-state index in [0.29, 0.717) is 16.7 Å². The topological polar surface area (TPSA) is 77.2 Å². The van der Waals surface area contributed by atoms with Crippen molar-refractivity contribution in [1.82, 2.24) is 19.6 Å². The van der Waals surface area contributed by atoms with Gasteiger partial charge >= 0.3 is 0 Å². The van der Waals surface area contributed by atoms with Gasteiger partial charge in [-0.05, 0) is 6.92 Å². The molecule has 0 saturated heterocycles. The maximum Gasteiger partial charge on any atom is 0.254 e. The molecule has 0 atom stereocenters. The third-order valence-electron chi connectivity index (χ3n) is 2.24. The van der Waals surface area contributed by atoms with E-state index < -0.39 is 9.84 Å². The van der Waals surface area contributed by atoms with Gasteiger partial charge in [0.2, 0.25) is 0 Å². The van der Waals surface area contributed by atoms with E-state index in [9.17, 15) is 8.42 Å². The summed E-state index contributed by atoms with van der Waals surface area (Å²) in [6.07, 6.45) is 2.60. The zero-order valence-electron chi connectivity index (χ0n) is 9.79. The molecular weight excluding hydrogens is 296 g/mol. The van der Waals surface area contributed by atoms with E-state index in [1.165, 1.54) is 24.3 Å². The second-order valence-electron chi connectivity index (χ2n) is 3.78. The SMILES string of the molecule is Cc1c(Cl)nc2ncnn2c1SCCS(C)(=O)=O. The molecular formula is C9H11ClN4O2S2. The highest BCUT2D eigenvalue weighted by atomic mass is 35.5. The molecule has 2 aromatic heterocycles. The predicted molar refractivity (Wildman–Crippen MR) is 71.0 cm³/mol. The lowest BCUT2D eigenvalue weighted by atomic mass is 10.4. The molecule has 0 aliphatic rings. The Balaban J connectivity index is 2.31. The summed E-state index contributed by atoms with van der Waals surface area (Å²) >= 11 is 7.37. The number of thioether (sulfide) groups is 1. The molecule has 0 radical (unpaired) electrons. The van der Waals surface area contributed by atoms with Crippen molar-refractivity contribution in [2.45, 2.75) is 11.9 Å². The number of rotatable bonds is 4. The van der Waals surface area contributed by atoms with Crippen LogP contribution in [0.4, 0.5) is 0 Å². The normalized spacial score (nSPS) is 12.2. The Bertz CT molecular complexity index is 683. The Morgan fingerprint density at radius 3 is 2.89 bits per heavy atom. The summed E-state index contributed by atoms with van der Waals surface area (Å²) in [7, 11) is -2.97. The van der Waals surface area contributed by atoms with Crippen LogP contribution < -0.4 is 0 Å². The van der Waals surface area contributed by atoms with Gasteiger partial charge in [0.25, 0.3) is 5.78 Å². The van der Waals surface area contributed by atoms with Crippen LogP contribution in [0.2, 0.25) is 5.15 Å². The van der Waals surface area contributed by atoms with Crippen LogP contribution in [0.15, 0.2) is 11.4 Å². The molecule has 0 unspecified atom stereocenters. The fourth-order valence-electron chi connectivity index (χ4n) is 1.33. The maximum atomic E-state index is 11.1. The van der Waals surface area contributed by atoms with Crippen LogP contribution in [0, 0.1) is 6.92 Å². The monoisotopic (exact) mass is 306 g/mol. The fraction of sp³-hybridized carbons (Fsp3) is 0.444. The highest BCUT2D eigenvalue weighted by molar-refractivity contribution is 8.00.